The highest BCUT2D eigenvalue weighted by atomic mass is 32.1. The lowest BCUT2D eigenvalue weighted by Gasteiger charge is -2.46. The summed E-state index contributed by atoms with van der Waals surface area (Å²) in [6.45, 7) is 0.811. The van der Waals surface area contributed by atoms with Crippen molar-refractivity contribution >= 4 is 28.9 Å². The molecule has 3 N–H and O–H groups in total. The number of nitrogens with zero attached hydrogens (tertiary/aromatic N) is 2. The number of carbonyl (C=O) groups excluding carboxylic acids is 1. The minimum absolute atomic E-state index is 0.0685. The van der Waals surface area contributed by atoms with E-state index in [1.165, 1.54) is 17.5 Å². The summed E-state index contributed by atoms with van der Waals surface area (Å²) in [7, 11) is 0. The number of carbonyl (C=O) groups is 2. The SMILES string of the molecule is Nc1ccc(Cc2nc(C(=O)N3C[C@@H]4CC[C@H]3c3ccccc34)cs2)cc1.O=C(O)C(F)(F)F. The highest BCUT2D eigenvalue weighted by Crippen LogP contribution is 2.47. The van der Waals surface area contributed by atoms with Gasteiger partial charge in [0.2, 0.25) is 0 Å². The number of nitrogen functional groups attached to an aromatic ring is 1. The first kappa shape index (κ1) is 23.7. The summed E-state index contributed by atoms with van der Waals surface area (Å²) < 4.78 is 31.7. The Balaban J connectivity index is 0.000000344. The number of halogens is 3. The van der Waals surface area contributed by atoms with E-state index < -0.39 is 12.1 Å². The summed E-state index contributed by atoms with van der Waals surface area (Å²) in [5, 5.41) is 9.99. The third-order valence-corrected chi connectivity index (χ3v) is 6.83. The molecule has 1 saturated heterocycles. The fraction of sp³-hybridized carbons (Fsp3) is 0.292. The van der Waals surface area contributed by atoms with E-state index in [0.29, 0.717) is 11.6 Å². The maximum Gasteiger partial charge on any atom is 0.490 e. The third-order valence-electron chi connectivity index (χ3n) is 5.99. The molecule has 3 aromatic rings. The molecule has 3 aliphatic rings. The second kappa shape index (κ2) is 9.46. The summed E-state index contributed by atoms with van der Waals surface area (Å²) >= 11 is 1.56. The van der Waals surface area contributed by atoms with Gasteiger partial charge in [-0.1, -0.05) is 36.4 Å². The van der Waals surface area contributed by atoms with E-state index in [-0.39, 0.29) is 11.9 Å². The van der Waals surface area contributed by atoms with Gasteiger partial charge in [-0.2, -0.15) is 13.2 Å². The van der Waals surface area contributed by atoms with Crippen LogP contribution < -0.4 is 5.73 Å². The lowest BCUT2D eigenvalue weighted by Crippen LogP contribution is -2.45. The van der Waals surface area contributed by atoms with Crippen molar-refractivity contribution in [2.75, 3.05) is 12.3 Å². The molecular weight excluding hydrogens is 467 g/mol. The first-order valence-electron chi connectivity index (χ1n) is 10.6. The Kier molecular flexibility index (Phi) is 6.60. The molecule has 34 heavy (non-hydrogen) atoms. The van der Waals surface area contributed by atoms with Crippen molar-refractivity contribution in [3.8, 4) is 0 Å². The van der Waals surface area contributed by atoms with E-state index >= 15 is 0 Å². The monoisotopic (exact) mass is 489 g/mol. The molecule has 2 aliphatic heterocycles. The predicted molar refractivity (Wildman–Crippen MR) is 122 cm³/mol. The zero-order valence-corrected chi connectivity index (χ0v) is 18.8. The number of amides is 1. The fourth-order valence-electron chi connectivity index (χ4n) is 4.41. The van der Waals surface area contributed by atoms with Crippen LogP contribution in [0.4, 0.5) is 18.9 Å². The third kappa shape index (κ3) is 5.06. The van der Waals surface area contributed by atoms with Crippen LogP contribution in [-0.4, -0.2) is 39.6 Å². The van der Waals surface area contributed by atoms with Gasteiger partial charge in [-0.3, -0.25) is 4.79 Å². The number of carboxylic acid groups (broad SMARTS) is 1. The van der Waals surface area contributed by atoms with Crippen molar-refractivity contribution in [2.24, 2.45) is 0 Å². The van der Waals surface area contributed by atoms with Crippen molar-refractivity contribution in [3.05, 3.63) is 81.3 Å². The molecule has 178 valence electrons. The van der Waals surface area contributed by atoms with Gasteiger partial charge in [0, 0.05) is 30.0 Å². The van der Waals surface area contributed by atoms with Crippen LogP contribution in [0.2, 0.25) is 0 Å². The van der Waals surface area contributed by atoms with E-state index in [1.54, 1.807) is 11.3 Å². The van der Waals surface area contributed by atoms with Gasteiger partial charge in [0.15, 0.2) is 0 Å². The van der Waals surface area contributed by atoms with E-state index in [0.717, 1.165) is 35.6 Å². The Morgan fingerprint density at radius 1 is 1.09 bits per heavy atom. The first-order valence-corrected chi connectivity index (χ1v) is 11.5. The molecule has 3 heterocycles. The minimum Gasteiger partial charge on any atom is -0.475 e. The quantitative estimate of drug-likeness (QED) is 0.504. The smallest absolute Gasteiger partial charge is 0.475 e. The van der Waals surface area contributed by atoms with Crippen molar-refractivity contribution in [3.63, 3.8) is 0 Å². The van der Waals surface area contributed by atoms with Crippen LogP contribution in [0.3, 0.4) is 0 Å². The summed E-state index contributed by atoms with van der Waals surface area (Å²) in [6, 6.07) is 16.6. The molecule has 1 amide bonds. The molecule has 2 atom stereocenters. The number of thiazole rings is 1. The minimum atomic E-state index is -5.08. The number of hydrogen-bond donors (Lipinski definition) is 2. The normalized spacial score (nSPS) is 18.6. The number of alkyl halides is 3. The molecule has 2 aromatic carbocycles. The molecule has 2 bridgehead atoms. The predicted octanol–water partition coefficient (Wildman–Crippen LogP) is 5.02. The molecule has 1 fully saturated rings. The Labute approximate surface area is 197 Å². The van der Waals surface area contributed by atoms with Crippen LogP contribution in [0.5, 0.6) is 0 Å². The average molecular weight is 490 g/mol. The highest BCUT2D eigenvalue weighted by Gasteiger charge is 2.41. The van der Waals surface area contributed by atoms with Gasteiger partial charge in [-0.15, -0.1) is 11.3 Å². The standard InChI is InChI=1S/C22H21N3OS.C2HF3O2/c23-16-8-5-14(6-9-16)11-21-24-19(13-27-21)22(26)25-12-15-7-10-20(25)18-4-2-1-3-17(15)18;3-2(4,5)1(6)7/h1-6,8-9,13,15,20H,7,10-12,23H2;(H,6,7)/t15-,20-;/m0./s1. The van der Waals surface area contributed by atoms with Crippen LogP contribution in [0.15, 0.2) is 53.9 Å². The van der Waals surface area contributed by atoms with Crippen molar-refractivity contribution in [2.45, 2.75) is 37.4 Å². The van der Waals surface area contributed by atoms with Gasteiger partial charge < -0.3 is 15.7 Å². The molecule has 0 spiro atoms. The number of piperidine rings is 1. The van der Waals surface area contributed by atoms with E-state index in [2.05, 4.69) is 29.2 Å². The molecular formula is C24H22F3N3O3S. The second-order valence-corrected chi connectivity index (χ2v) is 9.17. The fourth-order valence-corrected chi connectivity index (χ4v) is 5.21. The Bertz CT molecular complexity index is 1190. The maximum atomic E-state index is 13.2. The zero-order chi connectivity index (χ0) is 24.5. The lowest BCUT2D eigenvalue weighted by atomic mass is 9.75. The molecule has 0 radical (unpaired) electrons. The van der Waals surface area contributed by atoms with Gasteiger partial charge in [0.1, 0.15) is 5.69 Å². The second-order valence-electron chi connectivity index (χ2n) is 8.22. The Morgan fingerprint density at radius 2 is 1.74 bits per heavy atom. The topological polar surface area (TPSA) is 96.5 Å². The van der Waals surface area contributed by atoms with Crippen molar-refractivity contribution in [1.82, 2.24) is 9.88 Å². The lowest BCUT2D eigenvalue weighted by molar-refractivity contribution is -0.192. The van der Waals surface area contributed by atoms with Gasteiger partial charge in [-0.25, -0.2) is 9.78 Å². The largest absolute Gasteiger partial charge is 0.490 e. The summed E-state index contributed by atoms with van der Waals surface area (Å²) in [4.78, 5) is 28.7. The summed E-state index contributed by atoms with van der Waals surface area (Å²) in [5.41, 5.74) is 11.0. The molecule has 0 unspecified atom stereocenters. The van der Waals surface area contributed by atoms with Crippen molar-refractivity contribution < 1.29 is 27.9 Å². The molecule has 1 aromatic heterocycles. The van der Waals surface area contributed by atoms with Gasteiger partial charge in [0.05, 0.1) is 11.0 Å². The number of fused-ring (bicyclic) bond motifs is 2. The summed E-state index contributed by atoms with van der Waals surface area (Å²) in [5.74, 6) is -2.23. The molecule has 6 rings (SSSR count). The Morgan fingerprint density at radius 3 is 2.38 bits per heavy atom. The van der Waals surface area contributed by atoms with Gasteiger partial charge in [-0.05, 0) is 41.7 Å². The number of hydrogen-bond acceptors (Lipinski definition) is 5. The van der Waals surface area contributed by atoms with Gasteiger partial charge in [0.25, 0.3) is 5.91 Å². The average Bonchev–Trinajstić information content (AvgIpc) is 3.29. The van der Waals surface area contributed by atoms with E-state index in [1.807, 2.05) is 34.5 Å². The number of nitrogens with two attached hydrogens (primary N) is 1. The maximum absolute atomic E-state index is 13.2. The first-order chi connectivity index (χ1) is 16.1. The number of aliphatic carboxylic acids is 1. The molecule has 10 heteroatoms. The molecule has 6 nitrogen and oxygen atoms in total. The number of carboxylic acids is 1. The van der Waals surface area contributed by atoms with E-state index in [4.69, 9.17) is 15.6 Å². The number of anilines is 1. The van der Waals surface area contributed by atoms with E-state index in [9.17, 15) is 18.0 Å². The zero-order valence-electron chi connectivity index (χ0n) is 18.0. The number of rotatable bonds is 3. The van der Waals surface area contributed by atoms with Crippen LogP contribution in [0.25, 0.3) is 0 Å². The van der Waals surface area contributed by atoms with Crippen LogP contribution >= 0.6 is 11.3 Å². The van der Waals surface area contributed by atoms with Crippen LogP contribution in [-0.2, 0) is 11.2 Å². The van der Waals surface area contributed by atoms with Crippen LogP contribution in [0.1, 0.15) is 57.0 Å². The molecule has 0 saturated carbocycles. The van der Waals surface area contributed by atoms with Gasteiger partial charge >= 0.3 is 12.1 Å². The van der Waals surface area contributed by atoms with Crippen molar-refractivity contribution in [1.29, 1.82) is 0 Å². The highest BCUT2D eigenvalue weighted by molar-refractivity contribution is 7.09. The van der Waals surface area contributed by atoms with Crippen LogP contribution in [0, 0.1) is 0 Å². The Hall–Kier alpha value is -3.40. The summed E-state index contributed by atoms with van der Waals surface area (Å²) in [6.07, 6.45) is -2.13. The number of aromatic nitrogens is 1. The number of benzene rings is 2. The molecule has 1 aliphatic carbocycles.